The number of thioether (sulfide) groups is 1. The highest BCUT2D eigenvalue weighted by Gasteiger charge is 2.12. The van der Waals surface area contributed by atoms with Gasteiger partial charge in [0.1, 0.15) is 12.1 Å². The number of nitrogens with zero attached hydrogens (tertiary/aromatic N) is 4. The van der Waals surface area contributed by atoms with Crippen LogP contribution in [-0.4, -0.2) is 31.4 Å². The van der Waals surface area contributed by atoms with Crippen molar-refractivity contribution in [3.05, 3.63) is 59.0 Å². The van der Waals surface area contributed by atoms with Crippen LogP contribution in [0.4, 0.5) is 5.82 Å². The average molecular weight is 374 g/mol. The van der Waals surface area contributed by atoms with E-state index in [9.17, 15) is 4.79 Å². The second-order valence-corrected chi connectivity index (χ2v) is 6.85. The summed E-state index contributed by atoms with van der Waals surface area (Å²) < 4.78 is 1.88. The van der Waals surface area contributed by atoms with Crippen molar-refractivity contribution in [1.29, 1.82) is 0 Å². The smallest absolute Gasteiger partial charge is 0.236 e. The largest absolute Gasteiger partial charge is 0.310 e. The van der Waals surface area contributed by atoms with Crippen LogP contribution in [0, 0.1) is 13.8 Å². The molecule has 0 fully saturated rings. The lowest BCUT2D eigenvalue weighted by molar-refractivity contribution is -0.113. The Balaban J connectivity index is 1.67. The molecule has 1 N–H and O–H groups in total. The maximum atomic E-state index is 12.1. The van der Waals surface area contributed by atoms with Crippen molar-refractivity contribution in [3.63, 3.8) is 0 Å². The monoisotopic (exact) mass is 373 g/mol. The van der Waals surface area contributed by atoms with E-state index in [1.54, 1.807) is 18.5 Å². The van der Waals surface area contributed by atoms with Crippen LogP contribution in [0.3, 0.4) is 0 Å². The fraction of sp³-hybridized carbons (Fsp3) is 0.176. The maximum Gasteiger partial charge on any atom is 0.236 e. The highest BCUT2D eigenvalue weighted by atomic mass is 35.5. The third kappa shape index (κ3) is 4.37. The number of halogens is 1. The van der Waals surface area contributed by atoms with Crippen LogP contribution >= 0.6 is 23.4 Å². The number of pyridine rings is 1. The Kier molecular flexibility index (Phi) is 5.35. The number of benzene rings is 1. The quantitative estimate of drug-likeness (QED) is 0.691. The fourth-order valence-electron chi connectivity index (χ4n) is 2.32. The maximum absolute atomic E-state index is 12.1. The van der Waals surface area contributed by atoms with Crippen LogP contribution in [0.25, 0.3) is 5.69 Å². The molecule has 2 aromatic heterocycles. The first kappa shape index (κ1) is 17.4. The zero-order chi connectivity index (χ0) is 17.8. The standard InChI is InChI=1S/C17H16ClN5OS/c1-11-3-5-14(12(2)7-11)23-10-20-22-17(23)25-9-16(24)21-15-6-4-13(18)8-19-15/h3-8,10H,9H2,1-2H3,(H,19,21,24). The third-order valence-electron chi connectivity index (χ3n) is 3.46. The van der Waals surface area contributed by atoms with Gasteiger partial charge in [0.2, 0.25) is 5.91 Å². The fourth-order valence-corrected chi connectivity index (χ4v) is 3.16. The Hall–Kier alpha value is -2.38. The molecule has 0 radical (unpaired) electrons. The Morgan fingerprint density at radius 2 is 2.12 bits per heavy atom. The lowest BCUT2D eigenvalue weighted by Gasteiger charge is -2.10. The molecular formula is C17H16ClN5OS. The molecule has 0 aliphatic heterocycles. The van der Waals surface area contributed by atoms with Crippen molar-refractivity contribution in [2.24, 2.45) is 0 Å². The van der Waals surface area contributed by atoms with Crippen LogP contribution in [-0.2, 0) is 4.79 Å². The Morgan fingerprint density at radius 1 is 1.28 bits per heavy atom. The van der Waals surface area contributed by atoms with Gasteiger partial charge < -0.3 is 5.32 Å². The number of nitrogens with one attached hydrogen (secondary N) is 1. The number of amides is 1. The normalized spacial score (nSPS) is 10.7. The van der Waals surface area contributed by atoms with Crippen LogP contribution in [0.1, 0.15) is 11.1 Å². The van der Waals surface area contributed by atoms with Crippen LogP contribution in [0.15, 0.2) is 48.0 Å². The van der Waals surface area contributed by atoms with E-state index in [1.165, 1.54) is 23.5 Å². The van der Waals surface area contributed by atoms with Gasteiger partial charge in [0.05, 0.1) is 16.5 Å². The minimum Gasteiger partial charge on any atom is -0.310 e. The summed E-state index contributed by atoms with van der Waals surface area (Å²) in [5, 5.41) is 12.0. The van der Waals surface area contributed by atoms with E-state index in [-0.39, 0.29) is 11.7 Å². The van der Waals surface area contributed by atoms with Gasteiger partial charge in [-0.05, 0) is 37.6 Å². The van der Waals surface area contributed by atoms with E-state index in [2.05, 4.69) is 26.6 Å². The number of anilines is 1. The number of aryl methyl sites for hydroxylation is 2. The molecule has 0 spiro atoms. The average Bonchev–Trinajstić information content (AvgIpc) is 3.03. The second-order valence-electron chi connectivity index (χ2n) is 5.47. The van der Waals surface area contributed by atoms with Gasteiger partial charge in [0, 0.05) is 6.20 Å². The number of hydrogen-bond acceptors (Lipinski definition) is 5. The molecule has 1 amide bonds. The molecule has 0 saturated carbocycles. The number of hydrogen-bond donors (Lipinski definition) is 1. The van der Waals surface area contributed by atoms with Crippen molar-refractivity contribution in [1.82, 2.24) is 19.7 Å². The highest BCUT2D eigenvalue weighted by molar-refractivity contribution is 7.99. The second kappa shape index (κ2) is 7.67. The Labute approximate surface area is 154 Å². The van der Waals surface area contributed by atoms with Crippen molar-refractivity contribution in [3.8, 4) is 5.69 Å². The van der Waals surface area contributed by atoms with E-state index >= 15 is 0 Å². The van der Waals surface area contributed by atoms with Gasteiger partial charge in [0.15, 0.2) is 5.16 Å². The van der Waals surface area contributed by atoms with Gasteiger partial charge >= 0.3 is 0 Å². The summed E-state index contributed by atoms with van der Waals surface area (Å²) in [4.78, 5) is 16.1. The van der Waals surface area contributed by atoms with Gasteiger partial charge in [-0.2, -0.15) is 0 Å². The number of carbonyl (C=O) groups excluding carboxylic acids is 1. The minimum absolute atomic E-state index is 0.171. The topological polar surface area (TPSA) is 72.7 Å². The molecule has 128 valence electrons. The molecule has 2 heterocycles. The van der Waals surface area contributed by atoms with Gasteiger partial charge in [-0.15, -0.1) is 10.2 Å². The molecule has 0 aliphatic carbocycles. The molecule has 0 aliphatic rings. The molecule has 0 saturated heterocycles. The molecular weight excluding hydrogens is 358 g/mol. The number of rotatable bonds is 5. The zero-order valence-corrected chi connectivity index (χ0v) is 15.3. The molecule has 8 heteroatoms. The molecule has 25 heavy (non-hydrogen) atoms. The molecule has 3 aromatic rings. The van der Waals surface area contributed by atoms with Crippen LogP contribution in [0.5, 0.6) is 0 Å². The summed E-state index contributed by atoms with van der Waals surface area (Å²) in [6.45, 7) is 4.09. The minimum atomic E-state index is -0.171. The predicted molar refractivity (Wildman–Crippen MR) is 99.4 cm³/mol. The molecule has 3 rings (SSSR count). The first-order chi connectivity index (χ1) is 12.0. The highest BCUT2D eigenvalue weighted by Crippen LogP contribution is 2.22. The Morgan fingerprint density at radius 3 is 2.84 bits per heavy atom. The van der Waals surface area contributed by atoms with E-state index in [0.29, 0.717) is 16.0 Å². The van der Waals surface area contributed by atoms with Crippen molar-refractivity contribution in [2.75, 3.05) is 11.1 Å². The van der Waals surface area contributed by atoms with E-state index in [0.717, 1.165) is 11.3 Å². The molecule has 1 aromatic carbocycles. The molecule has 0 atom stereocenters. The van der Waals surface area contributed by atoms with E-state index < -0.39 is 0 Å². The number of carbonyl (C=O) groups is 1. The number of aromatic nitrogens is 4. The summed E-state index contributed by atoms with van der Waals surface area (Å²) in [7, 11) is 0. The van der Waals surface area contributed by atoms with E-state index in [1.807, 2.05) is 30.5 Å². The zero-order valence-electron chi connectivity index (χ0n) is 13.7. The summed E-state index contributed by atoms with van der Waals surface area (Å²) in [6, 6.07) is 9.49. The van der Waals surface area contributed by atoms with Crippen LogP contribution in [0.2, 0.25) is 5.02 Å². The van der Waals surface area contributed by atoms with Gasteiger partial charge in [-0.25, -0.2) is 4.98 Å². The van der Waals surface area contributed by atoms with Crippen molar-refractivity contribution < 1.29 is 4.79 Å². The summed E-state index contributed by atoms with van der Waals surface area (Å²) in [5.74, 6) is 0.495. The summed E-state index contributed by atoms with van der Waals surface area (Å²) in [5.41, 5.74) is 3.31. The summed E-state index contributed by atoms with van der Waals surface area (Å²) in [6.07, 6.45) is 3.14. The van der Waals surface area contributed by atoms with Gasteiger partial charge in [-0.1, -0.05) is 41.1 Å². The summed E-state index contributed by atoms with van der Waals surface area (Å²) >= 11 is 7.09. The Bertz CT molecular complexity index is 894. The third-order valence-corrected chi connectivity index (χ3v) is 4.62. The first-order valence-corrected chi connectivity index (χ1v) is 8.91. The predicted octanol–water partition coefficient (Wildman–Crippen LogP) is 3.66. The molecule has 0 unspecified atom stereocenters. The first-order valence-electron chi connectivity index (χ1n) is 7.55. The van der Waals surface area contributed by atoms with Crippen molar-refractivity contribution in [2.45, 2.75) is 19.0 Å². The van der Waals surface area contributed by atoms with Crippen LogP contribution < -0.4 is 5.32 Å². The molecule has 0 bridgehead atoms. The lowest BCUT2D eigenvalue weighted by Crippen LogP contribution is -2.15. The van der Waals surface area contributed by atoms with Gasteiger partial charge in [-0.3, -0.25) is 9.36 Å². The molecule has 6 nitrogen and oxygen atoms in total. The van der Waals surface area contributed by atoms with Crippen molar-refractivity contribution >= 4 is 35.1 Å². The van der Waals surface area contributed by atoms with E-state index in [4.69, 9.17) is 11.6 Å². The lowest BCUT2D eigenvalue weighted by atomic mass is 10.1. The SMILES string of the molecule is Cc1ccc(-n2cnnc2SCC(=O)Nc2ccc(Cl)cn2)c(C)c1. The van der Waals surface area contributed by atoms with Gasteiger partial charge in [0.25, 0.3) is 0 Å².